The average Bonchev–Trinajstić information content (AvgIpc) is 3.89. The van der Waals surface area contributed by atoms with Crippen molar-refractivity contribution in [3.05, 3.63) is 212 Å². The molecule has 0 saturated carbocycles. The van der Waals surface area contributed by atoms with Crippen LogP contribution in [0, 0.1) is 69.8 Å². The number of cyclic esters (lactones) is 1. The molecule has 1 saturated heterocycles. The van der Waals surface area contributed by atoms with E-state index in [4.69, 9.17) is 46.0 Å². The Morgan fingerprint density at radius 1 is 0.613 bits per heavy atom. The minimum absolute atomic E-state index is 0. The highest BCUT2D eigenvalue weighted by atomic mass is 35.5. The number of alkyl carbamates (subject to hydrolysis) is 1. The average molecular weight is 1180 g/mol. The molecule has 16 nitrogen and oxygen atoms in total. The van der Waals surface area contributed by atoms with Crippen molar-refractivity contribution < 1.29 is 112 Å². The maximum atomic E-state index is 13.0. The van der Waals surface area contributed by atoms with Gasteiger partial charge in [0.25, 0.3) is 0 Å². The van der Waals surface area contributed by atoms with Crippen molar-refractivity contribution in [3.8, 4) is 0 Å². The monoisotopic (exact) mass is 1170 g/mol. The molecule has 29 heteroatoms. The number of carbonyl (C=O) groups is 3. The van der Waals surface area contributed by atoms with Crippen LogP contribution in [0.2, 0.25) is 0 Å². The van der Waals surface area contributed by atoms with Gasteiger partial charge in [0, 0.05) is 36.5 Å². The van der Waals surface area contributed by atoms with E-state index in [1.54, 1.807) is 0 Å². The summed E-state index contributed by atoms with van der Waals surface area (Å²) in [5.74, 6) is -10.6. The Bertz CT molecular complexity index is 2960. The summed E-state index contributed by atoms with van der Waals surface area (Å²) in [6, 6.07) is 17.7. The van der Waals surface area contributed by atoms with Crippen LogP contribution in [0.1, 0.15) is 62.0 Å². The lowest BCUT2D eigenvalue weighted by Gasteiger charge is -2.29. The largest absolute Gasteiger partial charge is 0.447 e. The zero-order chi connectivity index (χ0) is 60.2. The Balaban J connectivity index is 0.000000930. The number of benzene rings is 6. The van der Waals surface area contributed by atoms with Crippen LogP contribution in [0.3, 0.4) is 0 Å². The smallest absolute Gasteiger partial charge is 0.407 e. The van der Waals surface area contributed by atoms with Gasteiger partial charge in [0.2, 0.25) is 5.79 Å². The van der Waals surface area contributed by atoms with E-state index in [1.807, 2.05) is 0 Å². The van der Waals surface area contributed by atoms with Gasteiger partial charge in [0.05, 0.1) is 25.3 Å². The molecule has 0 bridgehead atoms. The maximum absolute atomic E-state index is 13.0. The van der Waals surface area contributed by atoms with Crippen LogP contribution < -0.4 is 16.9 Å². The summed E-state index contributed by atoms with van der Waals surface area (Å²) in [6.07, 6.45) is -0.542. The van der Waals surface area contributed by atoms with Gasteiger partial charge in [-0.15, -0.1) is 12.4 Å². The van der Waals surface area contributed by atoms with Crippen LogP contribution in [0.25, 0.3) is 0 Å². The number of ketones is 2. The molecule has 438 valence electrons. The standard InChI is InChI=1S/C10H12F2O3.C9H7F2NO2.C8H7F2NO2.C8H9F2NO.C8H6F2O2.C8H6F2O.ClH.H3NO/c1-14-10(6-13,15-2)7-3-4-8(11)9(12)5-7;10-6-2-1-5(3-7(6)11)8-4-14-9(13)12-8;9-6-2-1-5(3-7(6)10)8(4-12)11-13;9-6-2-1-5(3-7(6)10)8(11)4-12;9-6-2-1-5(3-7(6)10)8(12)4-11;1-5(11)6-2-3-7(9)8(10)4-6;;1-2/h3-5,13H,6H2,1-2H3;1-3,8H,4H2,(H,12,13);1-3,12-13H,4H2;1-3,8,12H,4,11H2;1-3,11H,4H2;2-4H,1H3;1H;2H,1H2. The Hall–Kier alpha value is -7.51. The highest BCUT2D eigenvalue weighted by molar-refractivity contribution is 6.01. The maximum Gasteiger partial charge on any atom is 0.407 e. The number of rotatable bonds is 12. The van der Waals surface area contributed by atoms with Crippen LogP contribution in [0.5, 0.6) is 0 Å². The Morgan fingerprint density at radius 3 is 1.40 bits per heavy atom. The normalized spacial score (nSPS) is 12.6. The molecule has 11 N–H and O–H groups in total. The Labute approximate surface area is 453 Å². The minimum atomic E-state index is -1.45. The van der Waals surface area contributed by atoms with Crippen molar-refractivity contribution >= 4 is 35.8 Å². The number of hydrogen-bond acceptors (Lipinski definition) is 15. The number of oxime groups is 1. The molecular weight excluding hydrogens is 1120 g/mol. The van der Waals surface area contributed by atoms with E-state index in [0.29, 0.717) is 11.1 Å². The van der Waals surface area contributed by atoms with Crippen molar-refractivity contribution in [2.45, 2.75) is 24.8 Å². The van der Waals surface area contributed by atoms with Crippen molar-refractivity contribution in [1.82, 2.24) is 5.32 Å². The molecule has 1 heterocycles. The number of methoxy groups -OCH3 is 2. The van der Waals surface area contributed by atoms with E-state index in [-0.39, 0.29) is 59.4 Å². The number of amides is 1. The fraction of sp³-hybridized carbons (Fsp3) is 0.216. The highest BCUT2D eigenvalue weighted by Crippen LogP contribution is 2.27. The third kappa shape index (κ3) is 22.7. The lowest BCUT2D eigenvalue weighted by molar-refractivity contribution is -0.236. The SMILES string of the molecule is CC(=O)c1ccc(F)c(F)c1.COC(CO)(OC)c1ccc(F)c(F)c1.Cl.NC(CO)c1ccc(F)c(F)c1.NO.O=C(CO)c1ccc(F)c(F)c1.O=C1NC(c2ccc(F)c(F)c2)CO1.OCC(=NO)c1ccc(F)c(F)c1. The predicted octanol–water partition coefficient (Wildman–Crippen LogP) is 8.30. The molecular formula is C51H51ClF12N4O12. The Morgan fingerprint density at radius 2 is 1.02 bits per heavy atom. The first kappa shape index (κ1) is 72.5. The summed E-state index contributed by atoms with van der Waals surface area (Å²) in [4.78, 5) is 32.0. The summed E-state index contributed by atoms with van der Waals surface area (Å²) in [7, 11) is 2.61. The molecule has 80 heavy (non-hydrogen) atoms. The van der Waals surface area contributed by atoms with Crippen molar-refractivity contribution in [1.29, 1.82) is 0 Å². The molecule has 2 atom stereocenters. The lowest BCUT2D eigenvalue weighted by Crippen LogP contribution is -2.35. The van der Waals surface area contributed by atoms with Crippen molar-refractivity contribution in [3.63, 3.8) is 0 Å². The molecule has 6 aromatic rings. The summed E-state index contributed by atoms with van der Waals surface area (Å²) >= 11 is 0. The number of ether oxygens (including phenoxy) is 3. The van der Waals surface area contributed by atoms with E-state index in [1.165, 1.54) is 51.5 Å². The summed E-state index contributed by atoms with van der Waals surface area (Å²) in [5.41, 5.74) is 6.65. The van der Waals surface area contributed by atoms with Gasteiger partial charge in [0.1, 0.15) is 25.5 Å². The molecule has 1 aliphatic heterocycles. The number of Topliss-reactive ketones (excluding diaryl/α,β-unsaturated/α-hetero) is 2. The third-order valence-electron chi connectivity index (χ3n) is 10.0. The van der Waals surface area contributed by atoms with Gasteiger partial charge in [0.15, 0.2) is 81.4 Å². The van der Waals surface area contributed by atoms with E-state index >= 15 is 0 Å². The number of nitrogens with zero attached hydrogens (tertiary/aromatic N) is 1. The van der Waals surface area contributed by atoms with Crippen LogP contribution in [-0.2, 0) is 20.0 Å². The number of nitrogens with two attached hydrogens (primary N) is 2. The second-order valence-corrected chi connectivity index (χ2v) is 15.1. The van der Waals surface area contributed by atoms with Crippen LogP contribution >= 0.6 is 12.4 Å². The fourth-order valence-electron chi connectivity index (χ4n) is 5.75. The molecule has 0 radical (unpaired) electrons. The van der Waals surface area contributed by atoms with Crippen LogP contribution in [0.4, 0.5) is 57.5 Å². The van der Waals surface area contributed by atoms with Gasteiger partial charge >= 0.3 is 6.09 Å². The third-order valence-corrected chi connectivity index (χ3v) is 10.0. The van der Waals surface area contributed by atoms with Gasteiger partial charge in [-0.05, 0) is 109 Å². The summed E-state index contributed by atoms with van der Waals surface area (Å²) < 4.78 is 165. The van der Waals surface area contributed by atoms with Crippen molar-refractivity contribution in [2.24, 2.45) is 16.8 Å². The van der Waals surface area contributed by atoms with Gasteiger partial charge in [-0.1, -0.05) is 23.4 Å². The summed E-state index contributed by atoms with van der Waals surface area (Å²) in [6.45, 7) is -0.584. The molecule has 0 aliphatic carbocycles. The van der Waals surface area contributed by atoms with Crippen molar-refractivity contribution in [2.75, 3.05) is 47.3 Å². The first-order valence-electron chi connectivity index (χ1n) is 21.8. The van der Waals surface area contributed by atoms with Gasteiger partial charge in [-0.25, -0.2) is 63.4 Å². The van der Waals surface area contributed by atoms with E-state index in [9.17, 15) is 67.1 Å². The molecule has 1 amide bonds. The fourth-order valence-corrected chi connectivity index (χ4v) is 5.75. The second-order valence-electron chi connectivity index (χ2n) is 15.1. The lowest BCUT2D eigenvalue weighted by atomic mass is 10.1. The van der Waals surface area contributed by atoms with E-state index < -0.39 is 119 Å². The number of carbonyl (C=O) groups excluding carboxylic acids is 3. The second kappa shape index (κ2) is 36.6. The van der Waals surface area contributed by atoms with E-state index in [2.05, 4.69) is 21.1 Å². The first-order valence-corrected chi connectivity index (χ1v) is 21.8. The number of halogens is 13. The molecule has 1 fully saturated rings. The molecule has 0 aromatic heterocycles. The van der Waals surface area contributed by atoms with Crippen LogP contribution in [0.15, 0.2) is 114 Å². The molecule has 7 rings (SSSR count). The zero-order valence-corrected chi connectivity index (χ0v) is 42.6. The molecule has 0 spiro atoms. The quantitative estimate of drug-likeness (QED) is 0.0139. The minimum Gasteiger partial charge on any atom is -0.447 e. The number of nitrogens with one attached hydrogen (secondary N) is 1. The molecule has 1 aliphatic rings. The topological polar surface area (TPSA) is 277 Å². The summed E-state index contributed by atoms with van der Waals surface area (Å²) in [5, 5.41) is 54.8. The number of hydrogen-bond donors (Lipinski definition) is 9. The molecule has 2 unspecified atom stereocenters. The Kier molecular flexibility index (Phi) is 33.2. The molecule has 6 aromatic carbocycles. The van der Waals surface area contributed by atoms with E-state index in [0.717, 1.165) is 78.9 Å². The van der Waals surface area contributed by atoms with Gasteiger partial charge in [-0.2, -0.15) is 0 Å². The van der Waals surface area contributed by atoms with Gasteiger partial charge < -0.3 is 56.1 Å². The number of aliphatic hydroxyl groups is 4. The van der Waals surface area contributed by atoms with Crippen LogP contribution in [-0.4, -0.2) is 101 Å². The first-order chi connectivity index (χ1) is 37.3. The number of aliphatic hydroxyl groups excluding tert-OH is 4. The van der Waals surface area contributed by atoms with Gasteiger partial charge in [-0.3, -0.25) is 9.59 Å². The predicted molar refractivity (Wildman–Crippen MR) is 262 cm³/mol. The highest BCUT2D eigenvalue weighted by Gasteiger charge is 2.32. The zero-order valence-electron chi connectivity index (χ0n) is 41.8.